The second kappa shape index (κ2) is 49.9. The van der Waals surface area contributed by atoms with Gasteiger partial charge < -0.3 is 28.6 Å². The van der Waals surface area contributed by atoms with E-state index in [1.54, 1.807) is 21.1 Å². The van der Waals surface area contributed by atoms with E-state index in [1.807, 2.05) is 0 Å². The van der Waals surface area contributed by atoms with Gasteiger partial charge in [-0.05, 0) is 109 Å². The average Bonchev–Trinajstić information content (AvgIpc) is 3.31. The Hall–Kier alpha value is -4.53. The molecule has 8 nitrogen and oxygen atoms in total. The molecule has 0 spiro atoms. The highest BCUT2D eigenvalue weighted by Crippen LogP contribution is 2.13. The Balaban J connectivity index is 4.36. The lowest BCUT2D eigenvalue weighted by atomic mass is 10.1. The van der Waals surface area contributed by atoms with Gasteiger partial charge >= 0.3 is 11.9 Å². The molecule has 2 atom stereocenters. The molecule has 69 heavy (non-hydrogen) atoms. The average molecular weight is 956 g/mol. The molecule has 0 N–H and O–H groups in total. The van der Waals surface area contributed by atoms with Crippen LogP contribution in [0.2, 0.25) is 0 Å². The first-order valence-electron chi connectivity index (χ1n) is 26.7. The third-order valence-corrected chi connectivity index (χ3v) is 11.0. The third kappa shape index (κ3) is 48.3. The van der Waals surface area contributed by atoms with Gasteiger partial charge in [-0.15, -0.1) is 0 Å². The van der Waals surface area contributed by atoms with Crippen molar-refractivity contribution in [1.82, 2.24) is 0 Å². The lowest BCUT2D eigenvalue weighted by Gasteiger charge is -2.34. The zero-order valence-corrected chi connectivity index (χ0v) is 44.2. The Kier molecular flexibility index (Phi) is 46.6. The fourth-order valence-electron chi connectivity index (χ4n) is 6.98. The van der Waals surface area contributed by atoms with Gasteiger partial charge in [-0.3, -0.25) is 9.59 Å². The Morgan fingerprint density at radius 1 is 0.435 bits per heavy atom. The second-order valence-electron chi connectivity index (χ2n) is 18.3. The lowest BCUT2D eigenvalue weighted by molar-refractivity contribution is -0.889. The Labute approximate surface area is 422 Å². The molecule has 0 saturated heterocycles. The Morgan fingerprint density at radius 2 is 0.768 bits per heavy atom. The van der Waals surface area contributed by atoms with Gasteiger partial charge in [0.05, 0.1) is 40.3 Å². The number of carboxylic acid groups (broad SMARTS) is 1. The maximum atomic E-state index is 12.8. The summed E-state index contributed by atoms with van der Waals surface area (Å²) in [5.41, 5.74) is 0. The number of carbonyl (C=O) groups is 3. The number of ether oxygens (including phenoxy) is 3. The van der Waals surface area contributed by atoms with Gasteiger partial charge in [0, 0.05) is 19.3 Å². The van der Waals surface area contributed by atoms with Gasteiger partial charge in [-0.25, -0.2) is 0 Å². The summed E-state index contributed by atoms with van der Waals surface area (Å²) in [6.07, 6.45) is 72.0. The van der Waals surface area contributed by atoms with Crippen molar-refractivity contribution >= 4 is 17.9 Å². The van der Waals surface area contributed by atoms with Gasteiger partial charge in [0.15, 0.2) is 6.10 Å². The van der Waals surface area contributed by atoms with Crippen LogP contribution in [0, 0.1) is 0 Å². The fraction of sp³-hybridized carbons (Fsp3) is 0.590. The quantitative estimate of drug-likeness (QED) is 0.0259. The van der Waals surface area contributed by atoms with Crippen LogP contribution in [-0.4, -0.2) is 75.5 Å². The van der Waals surface area contributed by atoms with E-state index in [-0.39, 0.29) is 42.7 Å². The van der Waals surface area contributed by atoms with Crippen molar-refractivity contribution in [2.45, 2.75) is 193 Å². The molecule has 8 heteroatoms. The molecular weight excluding hydrogens is 859 g/mol. The number of likely N-dealkylation sites (N-methyl/N-ethyl adjacent to an activating group) is 1. The largest absolute Gasteiger partial charge is 0.544 e. The molecule has 0 bridgehead atoms. The molecule has 0 fully saturated rings. The van der Waals surface area contributed by atoms with Crippen LogP contribution in [-0.2, 0) is 28.6 Å². The van der Waals surface area contributed by atoms with Gasteiger partial charge in [-0.2, -0.15) is 0 Å². The topological polar surface area (TPSA) is 102 Å². The molecule has 0 heterocycles. The zero-order valence-electron chi connectivity index (χ0n) is 44.2. The highest BCUT2D eigenvalue weighted by molar-refractivity contribution is 5.70. The van der Waals surface area contributed by atoms with Gasteiger partial charge in [0.25, 0.3) is 0 Å². The van der Waals surface area contributed by atoms with Crippen molar-refractivity contribution in [3.8, 4) is 0 Å². The predicted molar refractivity (Wildman–Crippen MR) is 290 cm³/mol. The van der Waals surface area contributed by atoms with E-state index in [0.29, 0.717) is 12.8 Å². The van der Waals surface area contributed by atoms with E-state index < -0.39 is 18.1 Å². The number of rotatable bonds is 46. The van der Waals surface area contributed by atoms with E-state index >= 15 is 0 Å². The van der Waals surface area contributed by atoms with Crippen LogP contribution in [0.15, 0.2) is 134 Å². The molecule has 2 unspecified atom stereocenters. The van der Waals surface area contributed by atoms with Crippen LogP contribution in [0.1, 0.15) is 181 Å². The Morgan fingerprint density at radius 3 is 1.14 bits per heavy atom. The molecule has 0 aliphatic rings. The predicted octanol–water partition coefficient (Wildman–Crippen LogP) is 14.6. The monoisotopic (exact) mass is 956 g/mol. The van der Waals surface area contributed by atoms with Crippen LogP contribution in [0.3, 0.4) is 0 Å². The summed E-state index contributed by atoms with van der Waals surface area (Å²) in [4.78, 5) is 37.1. The number of carboxylic acids is 1. The van der Waals surface area contributed by atoms with Crippen LogP contribution in [0.4, 0.5) is 0 Å². The number of allylic oxidation sites excluding steroid dienone is 22. The molecule has 0 aromatic rings. The molecular formula is C61H97NO7. The van der Waals surface area contributed by atoms with E-state index in [4.69, 9.17) is 14.2 Å². The van der Waals surface area contributed by atoms with E-state index in [9.17, 15) is 19.5 Å². The number of aliphatic carboxylic acids is 1. The number of hydrogen-bond donors (Lipinski definition) is 0. The smallest absolute Gasteiger partial charge is 0.306 e. The summed E-state index contributed by atoms with van der Waals surface area (Å²) in [7, 11) is 5.39. The maximum Gasteiger partial charge on any atom is 0.306 e. The molecule has 0 aliphatic carbocycles. The number of quaternary nitrogens is 1. The van der Waals surface area contributed by atoms with E-state index in [0.717, 1.165) is 128 Å². The normalized spacial score (nSPS) is 13.9. The number of carbonyl (C=O) groups excluding carboxylic acids is 3. The SMILES string of the molecule is CC/C=C/C/C=C/C/C=C/C/C=C/C/C=C/C/C=C/CCCCCC(=O)OCC(COCCC(C(=O)[O-])[N+](C)(C)C)OC(=O)CCCCCCCCC/C=C/C/C=C/C/C=C/C/C=C/C/C=C/CC. The molecule has 0 aromatic heterocycles. The Bertz CT molecular complexity index is 1580. The molecule has 0 rings (SSSR count). The van der Waals surface area contributed by atoms with Crippen molar-refractivity contribution in [2.24, 2.45) is 0 Å². The van der Waals surface area contributed by atoms with Gasteiger partial charge in [0.2, 0.25) is 0 Å². The minimum absolute atomic E-state index is 0.0154. The molecule has 0 aliphatic heterocycles. The van der Waals surface area contributed by atoms with Crippen molar-refractivity contribution in [1.29, 1.82) is 0 Å². The summed E-state index contributed by atoms with van der Waals surface area (Å²) in [6.45, 7) is 4.37. The van der Waals surface area contributed by atoms with Gasteiger partial charge in [0.1, 0.15) is 12.6 Å². The molecule has 388 valence electrons. The summed E-state index contributed by atoms with van der Waals surface area (Å²) in [5.74, 6) is -1.81. The van der Waals surface area contributed by atoms with Crippen LogP contribution in [0.25, 0.3) is 0 Å². The van der Waals surface area contributed by atoms with E-state index in [1.165, 1.54) is 19.3 Å². The third-order valence-electron chi connectivity index (χ3n) is 11.0. The molecule has 0 saturated carbocycles. The summed E-state index contributed by atoms with van der Waals surface area (Å²) >= 11 is 0. The first-order valence-corrected chi connectivity index (χ1v) is 26.7. The first-order chi connectivity index (χ1) is 33.6. The maximum absolute atomic E-state index is 12.8. The second-order valence-corrected chi connectivity index (χ2v) is 18.3. The molecule has 0 radical (unpaired) electrons. The lowest BCUT2D eigenvalue weighted by Crippen LogP contribution is -2.55. The standard InChI is InChI=1S/C61H97NO7/c1-6-8-10-12-14-16-18-20-22-24-26-28-30-32-34-36-38-40-42-44-46-48-50-52-60(64)69-57(55-67-54-53-58(61(65)66)62(3,4)5)56-68-59(63)51-49-47-45-43-41-39-37-35-33-31-29-27-25-23-21-19-17-15-13-11-9-7-2/h8-11,14-17,20-23,26-29,32-35,39,41,57-58H,6-7,12-13,18-19,24-25,30-31,36-38,40,42-56H2,1-5H3/b10-8+,11-9+,16-14+,17-15+,22-20+,23-21+,28-26+,29-27+,34-32+,35-33+,41-39+. The first kappa shape index (κ1) is 64.5. The number of nitrogens with zero attached hydrogens (tertiary/aromatic N) is 1. The van der Waals surface area contributed by atoms with Crippen LogP contribution in [0.5, 0.6) is 0 Å². The summed E-state index contributed by atoms with van der Waals surface area (Å²) in [6, 6.07) is -0.743. The van der Waals surface area contributed by atoms with Crippen LogP contribution >= 0.6 is 0 Å². The minimum atomic E-state index is -1.14. The number of unbranched alkanes of at least 4 members (excludes halogenated alkanes) is 10. The van der Waals surface area contributed by atoms with Crippen LogP contribution < -0.4 is 5.11 Å². The van der Waals surface area contributed by atoms with Gasteiger partial charge in [-0.1, -0.05) is 186 Å². The fourth-order valence-corrected chi connectivity index (χ4v) is 6.98. The van der Waals surface area contributed by atoms with Crippen molar-refractivity contribution < 1.29 is 38.2 Å². The summed E-state index contributed by atoms with van der Waals surface area (Å²) in [5, 5.41) is 11.7. The highest BCUT2D eigenvalue weighted by atomic mass is 16.6. The highest BCUT2D eigenvalue weighted by Gasteiger charge is 2.25. The summed E-state index contributed by atoms with van der Waals surface area (Å²) < 4.78 is 17.2. The molecule has 0 aromatic carbocycles. The number of hydrogen-bond acceptors (Lipinski definition) is 7. The number of esters is 2. The van der Waals surface area contributed by atoms with Crippen molar-refractivity contribution in [2.75, 3.05) is 41.0 Å². The van der Waals surface area contributed by atoms with E-state index in [2.05, 4.69) is 148 Å². The zero-order chi connectivity index (χ0) is 50.6. The van der Waals surface area contributed by atoms with Crippen molar-refractivity contribution in [3.05, 3.63) is 134 Å². The minimum Gasteiger partial charge on any atom is -0.544 e. The molecule has 0 amide bonds. The van der Waals surface area contributed by atoms with Crippen molar-refractivity contribution in [3.63, 3.8) is 0 Å².